The number of rotatable bonds is 2. The molecule has 4 heteroatoms. The summed E-state index contributed by atoms with van der Waals surface area (Å²) in [6.07, 6.45) is 2.80. The normalized spacial score (nSPS) is 8.89. The maximum Gasteiger partial charge on any atom is 0.347 e. The molecule has 0 aliphatic heterocycles. The van der Waals surface area contributed by atoms with E-state index in [2.05, 4.69) is 11.6 Å². The number of nitrogens with zero attached hydrogens (tertiary/aromatic N) is 1. The highest BCUT2D eigenvalue weighted by molar-refractivity contribution is 5.92. The van der Waals surface area contributed by atoms with Crippen molar-refractivity contribution in [3.8, 4) is 0 Å². The van der Waals surface area contributed by atoms with Crippen LogP contribution in [-0.4, -0.2) is 18.7 Å². The van der Waals surface area contributed by atoms with E-state index in [4.69, 9.17) is 0 Å². The van der Waals surface area contributed by atoms with E-state index in [9.17, 15) is 9.59 Å². The Morgan fingerprint density at radius 1 is 1.67 bits per heavy atom. The first-order chi connectivity index (χ1) is 4.31. The van der Waals surface area contributed by atoms with Crippen molar-refractivity contribution >= 4 is 18.7 Å². The van der Waals surface area contributed by atoms with E-state index >= 15 is 0 Å². The fraction of sp³-hybridized carbons (Fsp3) is 0. The smallest absolute Gasteiger partial charge is 0.279 e. The van der Waals surface area contributed by atoms with Crippen molar-refractivity contribution in [3.63, 3.8) is 0 Å². The third kappa shape index (κ3) is 4.40. The number of carbonyl (C=O) groups excluding carboxylic acids is 2. The Balaban J connectivity index is 3.61. The van der Waals surface area contributed by atoms with Crippen LogP contribution in [0.4, 0.5) is 4.79 Å². The van der Waals surface area contributed by atoms with Gasteiger partial charge in [0.05, 0.1) is 0 Å². The molecule has 0 fully saturated rings. The van der Waals surface area contributed by atoms with Gasteiger partial charge in [-0.1, -0.05) is 12.7 Å². The van der Waals surface area contributed by atoms with Crippen LogP contribution < -0.4 is 5.32 Å². The SMILES string of the molecule is C=C/C=N/C(=O)NC=O. The fourth-order valence-electron chi connectivity index (χ4n) is 0.208. The summed E-state index contributed by atoms with van der Waals surface area (Å²) in [6, 6.07) is -0.690. The average Bonchev–Trinajstić information content (AvgIpc) is 1.85. The van der Waals surface area contributed by atoms with Gasteiger partial charge in [0, 0.05) is 6.21 Å². The van der Waals surface area contributed by atoms with E-state index in [1.807, 2.05) is 5.32 Å². The minimum atomic E-state index is -0.690. The number of nitrogens with one attached hydrogen (secondary N) is 1. The first-order valence-corrected chi connectivity index (χ1v) is 2.20. The fourth-order valence-corrected chi connectivity index (χ4v) is 0.208. The number of hydrogen-bond donors (Lipinski definition) is 1. The molecule has 0 aliphatic rings. The lowest BCUT2D eigenvalue weighted by Crippen LogP contribution is -2.16. The molecule has 0 atom stereocenters. The highest BCUT2D eigenvalue weighted by Gasteiger charge is 1.88. The van der Waals surface area contributed by atoms with Crippen molar-refractivity contribution in [3.05, 3.63) is 12.7 Å². The molecule has 0 aromatic rings. The Morgan fingerprint density at radius 3 is 2.78 bits per heavy atom. The van der Waals surface area contributed by atoms with Gasteiger partial charge in [0.25, 0.3) is 0 Å². The molecule has 0 aromatic heterocycles. The summed E-state index contributed by atoms with van der Waals surface area (Å²) in [6.45, 7) is 3.28. The maximum atomic E-state index is 10.2. The molecule has 0 saturated carbocycles. The summed E-state index contributed by atoms with van der Waals surface area (Å²) in [4.78, 5) is 23.0. The highest BCUT2D eigenvalue weighted by atomic mass is 16.2. The molecule has 48 valence electrons. The first kappa shape index (κ1) is 7.55. The predicted molar refractivity (Wildman–Crippen MR) is 33.3 cm³/mol. The van der Waals surface area contributed by atoms with E-state index < -0.39 is 6.03 Å². The van der Waals surface area contributed by atoms with Crippen molar-refractivity contribution in [2.75, 3.05) is 0 Å². The van der Waals surface area contributed by atoms with Gasteiger partial charge in [-0.15, -0.1) is 0 Å². The van der Waals surface area contributed by atoms with Crippen molar-refractivity contribution < 1.29 is 9.59 Å². The van der Waals surface area contributed by atoms with Crippen LogP contribution in [0.1, 0.15) is 0 Å². The van der Waals surface area contributed by atoms with Gasteiger partial charge in [-0.05, 0) is 0 Å². The van der Waals surface area contributed by atoms with E-state index in [0.717, 1.165) is 0 Å². The number of imide groups is 1. The van der Waals surface area contributed by atoms with Crippen LogP contribution in [0.5, 0.6) is 0 Å². The van der Waals surface area contributed by atoms with Crippen LogP contribution in [0.2, 0.25) is 0 Å². The summed E-state index contributed by atoms with van der Waals surface area (Å²) >= 11 is 0. The van der Waals surface area contributed by atoms with Gasteiger partial charge in [0.15, 0.2) is 0 Å². The largest absolute Gasteiger partial charge is 0.347 e. The van der Waals surface area contributed by atoms with Crippen LogP contribution in [-0.2, 0) is 4.79 Å². The lowest BCUT2D eigenvalue weighted by atomic mass is 10.7. The van der Waals surface area contributed by atoms with Crippen molar-refractivity contribution in [1.82, 2.24) is 5.32 Å². The van der Waals surface area contributed by atoms with Gasteiger partial charge in [0.2, 0.25) is 6.41 Å². The number of carbonyl (C=O) groups is 2. The van der Waals surface area contributed by atoms with E-state index in [1.54, 1.807) is 0 Å². The first-order valence-electron chi connectivity index (χ1n) is 2.20. The van der Waals surface area contributed by atoms with Gasteiger partial charge in [-0.2, -0.15) is 0 Å². The molecule has 3 amide bonds. The molecule has 0 saturated heterocycles. The monoisotopic (exact) mass is 126 g/mol. The van der Waals surface area contributed by atoms with Gasteiger partial charge in [-0.3, -0.25) is 10.1 Å². The Bertz CT molecular complexity index is 151. The summed E-state index contributed by atoms with van der Waals surface area (Å²) in [7, 11) is 0. The topological polar surface area (TPSA) is 58.5 Å². The van der Waals surface area contributed by atoms with Crippen LogP contribution >= 0.6 is 0 Å². The van der Waals surface area contributed by atoms with Crippen LogP contribution in [0, 0.1) is 0 Å². The molecule has 0 aliphatic carbocycles. The third-order valence-corrected chi connectivity index (χ3v) is 0.480. The van der Waals surface area contributed by atoms with Crippen LogP contribution in [0.15, 0.2) is 17.6 Å². The maximum absolute atomic E-state index is 10.2. The highest BCUT2D eigenvalue weighted by Crippen LogP contribution is 1.67. The summed E-state index contributed by atoms with van der Waals surface area (Å²) in [5.74, 6) is 0. The summed E-state index contributed by atoms with van der Waals surface area (Å²) in [5, 5.41) is 1.82. The molecule has 0 radical (unpaired) electrons. The zero-order chi connectivity index (χ0) is 7.11. The zero-order valence-corrected chi connectivity index (χ0v) is 4.70. The second-order valence-corrected chi connectivity index (χ2v) is 1.08. The molecule has 0 bridgehead atoms. The van der Waals surface area contributed by atoms with Crippen molar-refractivity contribution in [2.24, 2.45) is 4.99 Å². The second-order valence-electron chi connectivity index (χ2n) is 1.08. The molecule has 9 heavy (non-hydrogen) atoms. The second kappa shape index (κ2) is 4.70. The summed E-state index contributed by atoms with van der Waals surface area (Å²) in [5.41, 5.74) is 0. The zero-order valence-electron chi connectivity index (χ0n) is 4.70. The van der Waals surface area contributed by atoms with Crippen molar-refractivity contribution in [2.45, 2.75) is 0 Å². The molecular formula is C5H6N2O2. The van der Waals surface area contributed by atoms with Crippen LogP contribution in [0.25, 0.3) is 0 Å². The van der Waals surface area contributed by atoms with Gasteiger partial charge < -0.3 is 0 Å². The summed E-state index contributed by atoms with van der Waals surface area (Å²) < 4.78 is 0. The van der Waals surface area contributed by atoms with Gasteiger partial charge in [0.1, 0.15) is 0 Å². The molecule has 0 unspecified atom stereocenters. The standard InChI is InChI=1S/C5H6N2O2/c1-2-3-6-5(9)7-4-8/h2-4H,1H2,(H,7,8,9)/b6-3+. The molecule has 1 N–H and O–H groups in total. The molecule has 0 rings (SSSR count). The number of allylic oxidation sites excluding steroid dienone is 1. The lowest BCUT2D eigenvalue weighted by molar-refractivity contribution is -0.108. The molecule has 0 aromatic carbocycles. The number of aliphatic imine (C=N–C) groups is 1. The minimum absolute atomic E-state index is 0.267. The number of hydrogen-bond acceptors (Lipinski definition) is 2. The molecule has 0 spiro atoms. The Kier molecular flexibility index (Phi) is 3.95. The Labute approximate surface area is 52.3 Å². The minimum Gasteiger partial charge on any atom is -0.279 e. The average molecular weight is 126 g/mol. The molecular weight excluding hydrogens is 120 g/mol. The Morgan fingerprint density at radius 2 is 2.33 bits per heavy atom. The predicted octanol–water partition coefficient (Wildman–Crippen LogP) is 0.109. The third-order valence-electron chi connectivity index (χ3n) is 0.480. The quantitative estimate of drug-likeness (QED) is 0.421. The molecule has 4 nitrogen and oxygen atoms in total. The van der Waals surface area contributed by atoms with Gasteiger partial charge in [-0.25, -0.2) is 9.79 Å². The van der Waals surface area contributed by atoms with Gasteiger partial charge >= 0.3 is 6.03 Å². The Hall–Kier alpha value is -1.45. The van der Waals surface area contributed by atoms with E-state index in [1.165, 1.54) is 12.3 Å². The number of urea groups is 1. The van der Waals surface area contributed by atoms with E-state index in [-0.39, 0.29) is 6.41 Å². The van der Waals surface area contributed by atoms with Crippen LogP contribution in [0.3, 0.4) is 0 Å². The van der Waals surface area contributed by atoms with Crippen molar-refractivity contribution in [1.29, 1.82) is 0 Å². The van der Waals surface area contributed by atoms with E-state index in [0.29, 0.717) is 0 Å². The number of amides is 3. The molecule has 0 heterocycles. The lowest BCUT2D eigenvalue weighted by Gasteiger charge is -1.83.